The van der Waals surface area contributed by atoms with Crippen LogP contribution in [0.25, 0.3) is 33.4 Å². The van der Waals surface area contributed by atoms with E-state index in [0.717, 1.165) is 65.2 Å². The number of rotatable bonds is 4. The number of pyridine rings is 2. The molecule has 0 saturated carbocycles. The minimum absolute atomic E-state index is 0.224. The Morgan fingerprint density at radius 2 is 1.97 bits per heavy atom. The molecule has 0 spiro atoms. The van der Waals surface area contributed by atoms with Crippen LogP contribution >= 0.6 is 0 Å². The number of nitrogens with two attached hydrogens (primary N) is 1. The molecule has 0 unspecified atom stereocenters. The van der Waals surface area contributed by atoms with Crippen molar-refractivity contribution in [3.63, 3.8) is 0 Å². The van der Waals surface area contributed by atoms with Gasteiger partial charge >= 0.3 is 6.18 Å². The van der Waals surface area contributed by atoms with Gasteiger partial charge in [-0.05, 0) is 67.3 Å². The fourth-order valence-electron chi connectivity index (χ4n) is 4.18. The van der Waals surface area contributed by atoms with Gasteiger partial charge in [-0.15, -0.1) is 0 Å². The van der Waals surface area contributed by atoms with Gasteiger partial charge in [-0.2, -0.15) is 18.3 Å². The number of aromatic nitrogens is 4. The maximum atomic E-state index is 13.2. The highest BCUT2D eigenvalue weighted by molar-refractivity contribution is 5.89. The Morgan fingerprint density at radius 1 is 1.10 bits per heavy atom. The first-order valence-corrected chi connectivity index (χ1v) is 10.2. The van der Waals surface area contributed by atoms with Gasteiger partial charge in [0, 0.05) is 29.4 Å². The van der Waals surface area contributed by atoms with Crippen molar-refractivity contribution in [1.29, 1.82) is 0 Å². The van der Waals surface area contributed by atoms with Crippen molar-refractivity contribution in [3.8, 4) is 22.5 Å². The highest BCUT2D eigenvalue weighted by atomic mass is 19.4. The van der Waals surface area contributed by atoms with Gasteiger partial charge in [0.2, 0.25) is 0 Å². The fourth-order valence-corrected chi connectivity index (χ4v) is 4.18. The zero-order valence-electron chi connectivity index (χ0n) is 16.7. The van der Waals surface area contributed by atoms with Crippen LogP contribution in [0.5, 0.6) is 0 Å². The smallest absolute Gasteiger partial charge is 0.330 e. The quantitative estimate of drug-likeness (QED) is 0.520. The third-order valence-electron chi connectivity index (χ3n) is 5.58. The minimum atomic E-state index is -4.51. The summed E-state index contributed by atoms with van der Waals surface area (Å²) in [7, 11) is 0. The molecule has 0 aliphatic carbocycles. The minimum Gasteiger partial charge on any atom is -0.330 e. The number of alkyl halides is 3. The fraction of sp³-hybridized carbons (Fsp3) is 0.261. The molecule has 3 aromatic heterocycles. The second kappa shape index (κ2) is 7.46. The molecule has 0 atom stereocenters. The van der Waals surface area contributed by atoms with E-state index >= 15 is 0 Å². The van der Waals surface area contributed by atoms with E-state index in [2.05, 4.69) is 21.1 Å². The van der Waals surface area contributed by atoms with Crippen molar-refractivity contribution < 1.29 is 13.2 Å². The average molecular weight is 423 g/mol. The third-order valence-corrected chi connectivity index (χ3v) is 5.58. The molecule has 1 aliphatic rings. The van der Waals surface area contributed by atoms with E-state index in [1.54, 1.807) is 6.07 Å². The molecule has 0 bridgehead atoms. The monoisotopic (exact) mass is 423 g/mol. The van der Waals surface area contributed by atoms with Crippen LogP contribution in [0.4, 0.5) is 13.2 Å². The molecule has 8 heteroatoms. The van der Waals surface area contributed by atoms with Crippen LogP contribution < -0.4 is 5.73 Å². The van der Waals surface area contributed by atoms with Crippen molar-refractivity contribution in [2.45, 2.75) is 32.0 Å². The molecule has 158 valence electrons. The van der Waals surface area contributed by atoms with Crippen LogP contribution in [0.1, 0.15) is 23.4 Å². The van der Waals surface area contributed by atoms with E-state index in [1.807, 2.05) is 29.1 Å². The lowest BCUT2D eigenvalue weighted by atomic mass is 9.97. The highest BCUT2D eigenvalue weighted by Crippen LogP contribution is 2.39. The summed E-state index contributed by atoms with van der Waals surface area (Å²) in [4.78, 5) is 8.39. The lowest BCUT2D eigenvalue weighted by Gasteiger charge is -2.10. The van der Waals surface area contributed by atoms with Crippen LogP contribution in [0.2, 0.25) is 0 Å². The molecule has 5 rings (SSSR count). The van der Waals surface area contributed by atoms with E-state index in [9.17, 15) is 13.2 Å². The Bertz CT molecular complexity index is 1280. The molecule has 2 N–H and O–H groups in total. The molecule has 31 heavy (non-hydrogen) atoms. The maximum Gasteiger partial charge on any atom is 0.433 e. The Balaban J connectivity index is 1.68. The predicted octanol–water partition coefficient (Wildman–Crippen LogP) is 4.63. The number of fused-ring (bicyclic) bond motifs is 2. The van der Waals surface area contributed by atoms with Crippen LogP contribution in [-0.2, 0) is 25.6 Å². The second-order valence-corrected chi connectivity index (χ2v) is 7.69. The lowest BCUT2D eigenvalue weighted by Crippen LogP contribution is -2.08. The van der Waals surface area contributed by atoms with E-state index < -0.39 is 11.9 Å². The van der Waals surface area contributed by atoms with Crippen molar-refractivity contribution >= 4 is 10.9 Å². The molecule has 0 fully saturated rings. The standard InChI is InChI=1S/C23H20F3N5/c24-23(25,26)20-5-1-3-18(29-20)22-21(19-4-2-10-31(19)30-22)15-6-7-17-16(12-15)11-14(8-9-27)13-28-17/h1,3,5-7,11-13H,2,4,8-10,27H2. The number of hydrogen-bond acceptors (Lipinski definition) is 4. The summed E-state index contributed by atoms with van der Waals surface area (Å²) in [5, 5.41) is 5.60. The first-order chi connectivity index (χ1) is 14.9. The molecule has 1 aliphatic heterocycles. The molecular weight excluding hydrogens is 403 g/mol. The summed E-state index contributed by atoms with van der Waals surface area (Å²) < 4.78 is 41.6. The molecule has 0 radical (unpaired) electrons. The maximum absolute atomic E-state index is 13.2. The number of nitrogens with zero attached hydrogens (tertiary/aromatic N) is 4. The van der Waals surface area contributed by atoms with Crippen molar-refractivity contribution in [3.05, 3.63) is 65.6 Å². The normalized spacial score (nSPS) is 13.7. The van der Waals surface area contributed by atoms with Crippen molar-refractivity contribution in [1.82, 2.24) is 19.7 Å². The Morgan fingerprint density at radius 3 is 2.77 bits per heavy atom. The van der Waals surface area contributed by atoms with Gasteiger partial charge in [-0.25, -0.2) is 4.98 Å². The summed E-state index contributed by atoms with van der Waals surface area (Å²) in [6, 6.07) is 11.9. The first kappa shape index (κ1) is 19.7. The predicted molar refractivity (Wildman–Crippen MR) is 112 cm³/mol. The third kappa shape index (κ3) is 3.57. The molecule has 4 heterocycles. The summed E-state index contributed by atoms with van der Waals surface area (Å²) >= 11 is 0. The van der Waals surface area contributed by atoms with Gasteiger partial charge in [0.1, 0.15) is 11.4 Å². The Hall–Kier alpha value is -3.26. The van der Waals surface area contributed by atoms with Crippen LogP contribution in [0, 0.1) is 0 Å². The van der Waals surface area contributed by atoms with E-state index in [1.165, 1.54) is 6.07 Å². The van der Waals surface area contributed by atoms with Crippen LogP contribution in [0.3, 0.4) is 0 Å². The van der Waals surface area contributed by atoms with E-state index in [0.29, 0.717) is 12.2 Å². The number of aryl methyl sites for hydroxylation is 1. The van der Waals surface area contributed by atoms with Crippen LogP contribution in [0.15, 0.2) is 48.7 Å². The SMILES string of the molecule is NCCc1cnc2ccc(-c3c(-c4cccc(C(F)(F)F)n4)nn4c3CCC4)cc2c1. The van der Waals surface area contributed by atoms with Gasteiger partial charge in [-0.1, -0.05) is 12.1 Å². The molecule has 5 nitrogen and oxygen atoms in total. The summed E-state index contributed by atoms with van der Waals surface area (Å²) in [5.41, 5.74) is 10.1. The number of hydrogen-bond donors (Lipinski definition) is 1. The van der Waals surface area contributed by atoms with Crippen molar-refractivity contribution in [2.75, 3.05) is 6.54 Å². The summed E-state index contributed by atoms with van der Waals surface area (Å²) in [6.45, 7) is 1.28. The zero-order valence-corrected chi connectivity index (χ0v) is 16.7. The first-order valence-electron chi connectivity index (χ1n) is 10.2. The number of benzene rings is 1. The summed E-state index contributed by atoms with van der Waals surface area (Å²) in [5.74, 6) is 0. The molecule has 4 aromatic rings. The highest BCUT2D eigenvalue weighted by Gasteiger charge is 2.33. The van der Waals surface area contributed by atoms with Crippen LogP contribution in [-0.4, -0.2) is 26.3 Å². The molecule has 0 saturated heterocycles. The molecule has 0 amide bonds. The zero-order chi connectivity index (χ0) is 21.6. The Kier molecular flexibility index (Phi) is 4.74. The Labute approximate surface area is 176 Å². The van der Waals surface area contributed by atoms with E-state index in [-0.39, 0.29) is 5.69 Å². The molecular formula is C23H20F3N5. The largest absolute Gasteiger partial charge is 0.433 e. The number of halogens is 3. The second-order valence-electron chi connectivity index (χ2n) is 7.69. The van der Waals surface area contributed by atoms with E-state index in [4.69, 9.17) is 5.73 Å². The lowest BCUT2D eigenvalue weighted by molar-refractivity contribution is -0.141. The molecule has 1 aromatic carbocycles. The van der Waals surface area contributed by atoms with Gasteiger partial charge in [-0.3, -0.25) is 9.67 Å². The van der Waals surface area contributed by atoms with Gasteiger partial charge < -0.3 is 5.73 Å². The topological polar surface area (TPSA) is 69.6 Å². The van der Waals surface area contributed by atoms with Crippen molar-refractivity contribution in [2.24, 2.45) is 5.73 Å². The van der Waals surface area contributed by atoms with Gasteiger partial charge in [0.25, 0.3) is 0 Å². The van der Waals surface area contributed by atoms with Gasteiger partial charge in [0.15, 0.2) is 0 Å². The summed E-state index contributed by atoms with van der Waals surface area (Å²) in [6.07, 6.45) is -0.168. The van der Waals surface area contributed by atoms with Gasteiger partial charge in [0.05, 0.1) is 11.2 Å². The average Bonchev–Trinajstić information content (AvgIpc) is 3.34.